The van der Waals surface area contributed by atoms with Gasteiger partial charge in [-0.2, -0.15) is 5.10 Å². The Morgan fingerprint density at radius 3 is 2.78 bits per heavy atom. The van der Waals surface area contributed by atoms with Crippen LogP contribution in [0.25, 0.3) is 0 Å². The molecule has 0 aliphatic rings. The van der Waals surface area contributed by atoms with Crippen LogP contribution < -0.4 is 15.9 Å². The lowest BCUT2D eigenvalue weighted by Crippen LogP contribution is -2.24. The second kappa shape index (κ2) is 8.05. The Balaban J connectivity index is 2.25. The van der Waals surface area contributed by atoms with Gasteiger partial charge in [-0.05, 0) is 42.5 Å². The summed E-state index contributed by atoms with van der Waals surface area (Å²) in [7, 11) is 0. The fourth-order valence-electron chi connectivity index (χ4n) is 1.66. The lowest BCUT2D eigenvalue weighted by atomic mass is 10.2. The van der Waals surface area contributed by atoms with Crippen LogP contribution in [0.5, 0.6) is 5.75 Å². The van der Waals surface area contributed by atoms with Gasteiger partial charge in [0.15, 0.2) is 5.11 Å². The third-order valence-corrected chi connectivity index (χ3v) is 3.56. The van der Waals surface area contributed by atoms with E-state index in [0.29, 0.717) is 16.3 Å². The van der Waals surface area contributed by atoms with Gasteiger partial charge >= 0.3 is 5.97 Å². The first kappa shape index (κ1) is 17.4. The molecular formula is C15H11BrClN3O2S. The average molecular weight is 413 g/mol. The fraction of sp³-hybridized carbons (Fsp3) is 0. The second-order valence-corrected chi connectivity index (χ2v) is 6.05. The molecule has 0 aliphatic heterocycles. The molecule has 0 amide bonds. The second-order valence-electron chi connectivity index (χ2n) is 4.29. The maximum Gasteiger partial charge on any atom is 0.345 e. The number of ether oxygens (including phenoxy) is 1. The normalized spacial score (nSPS) is 10.5. The Labute approximate surface area is 151 Å². The molecule has 2 aromatic carbocycles. The van der Waals surface area contributed by atoms with Crippen LogP contribution in [0.1, 0.15) is 15.9 Å². The molecule has 0 heterocycles. The summed E-state index contributed by atoms with van der Waals surface area (Å²) in [6.45, 7) is 0. The summed E-state index contributed by atoms with van der Waals surface area (Å²) in [6.07, 6.45) is 1.44. The Kier molecular flexibility index (Phi) is 6.09. The van der Waals surface area contributed by atoms with Crippen LogP contribution in [0.15, 0.2) is 52.0 Å². The topological polar surface area (TPSA) is 76.7 Å². The van der Waals surface area contributed by atoms with Crippen molar-refractivity contribution in [3.63, 3.8) is 0 Å². The van der Waals surface area contributed by atoms with Gasteiger partial charge in [0.05, 0.1) is 16.8 Å². The summed E-state index contributed by atoms with van der Waals surface area (Å²) >= 11 is 14.0. The number of hydrazone groups is 1. The molecule has 0 fully saturated rings. The number of nitrogens with one attached hydrogen (secondary N) is 1. The molecule has 0 saturated carbocycles. The highest BCUT2D eigenvalue weighted by molar-refractivity contribution is 9.10. The number of hydrogen-bond acceptors (Lipinski definition) is 4. The monoisotopic (exact) mass is 411 g/mol. The van der Waals surface area contributed by atoms with Crippen LogP contribution in [0.4, 0.5) is 0 Å². The molecule has 0 aromatic heterocycles. The summed E-state index contributed by atoms with van der Waals surface area (Å²) < 4.78 is 6.20. The van der Waals surface area contributed by atoms with E-state index in [-0.39, 0.29) is 10.7 Å². The first-order chi connectivity index (χ1) is 11.0. The lowest BCUT2D eigenvalue weighted by molar-refractivity contribution is 0.0734. The van der Waals surface area contributed by atoms with Crippen molar-refractivity contribution in [2.45, 2.75) is 0 Å². The first-order valence-corrected chi connectivity index (χ1v) is 7.90. The highest BCUT2D eigenvalue weighted by atomic mass is 79.9. The molecule has 23 heavy (non-hydrogen) atoms. The first-order valence-electron chi connectivity index (χ1n) is 6.32. The van der Waals surface area contributed by atoms with Gasteiger partial charge in [-0.25, -0.2) is 4.79 Å². The smallest absolute Gasteiger partial charge is 0.345 e. The van der Waals surface area contributed by atoms with E-state index in [1.54, 1.807) is 42.5 Å². The fourth-order valence-corrected chi connectivity index (χ4v) is 2.30. The number of carbonyl (C=O) groups is 1. The van der Waals surface area contributed by atoms with Crippen molar-refractivity contribution in [3.05, 3.63) is 63.1 Å². The zero-order chi connectivity index (χ0) is 16.8. The molecule has 2 aromatic rings. The molecule has 2 rings (SSSR count). The number of benzene rings is 2. The van der Waals surface area contributed by atoms with E-state index < -0.39 is 5.97 Å². The van der Waals surface area contributed by atoms with Gasteiger partial charge < -0.3 is 10.5 Å². The summed E-state index contributed by atoms with van der Waals surface area (Å²) in [5, 5.41) is 4.21. The minimum absolute atomic E-state index is 0.0332. The molecule has 0 unspecified atom stereocenters. The highest BCUT2D eigenvalue weighted by Crippen LogP contribution is 2.24. The Hall–Kier alpha value is -1.96. The molecule has 0 atom stereocenters. The standard InChI is InChI=1S/C15H11BrClN3O2S/c16-10-5-6-13(9(7-10)8-19-20-15(18)23)22-14(21)11-3-1-2-4-12(11)17/h1-8H,(H3,18,20,23). The number of carbonyl (C=O) groups excluding carboxylic acids is 1. The van der Waals surface area contributed by atoms with Crippen molar-refractivity contribution in [1.29, 1.82) is 0 Å². The summed E-state index contributed by atoms with van der Waals surface area (Å²) in [5.74, 6) is -0.235. The average Bonchev–Trinajstić information content (AvgIpc) is 2.50. The molecule has 118 valence electrons. The van der Waals surface area contributed by atoms with Gasteiger partial charge in [-0.15, -0.1) is 0 Å². The van der Waals surface area contributed by atoms with Gasteiger partial charge in [0.25, 0.3) is 0 Å². The molecular weight excluding hydrogens is 402 g/mol. The summed E-state index contributed by atoms with van der Waals surface area (Å²) in [6, 6.07) is 11.8. The molecule has 0 spiro atoms. The number of esters is 1. The maximum absolute atomic E-state index is 12.2. The zero-order valence-electron chi connectivity index (χ0n) is 11.6. The van der Waals surface area contributed by atoms with E-state index in [1.807, 2.05) is 0 Å². The third kappa shape index (κ3) is 5.02. The Morgan fingerprint density at radius 1 is 1.35 bits per heavy atom. The minimum Gasteiger partial charge on any atom is -0.422 e. The van der Waals surface area contributed by atoms with Crippen LogP contribution in [0.2, 0.25) is 5.02 Å². The summed E-state index contributed by atoms with van der Waals surface area (Å²) in [5.41, 5.74) is 8.57. The molecule has 0 saturated heterocycles. The maximum atomic E-state index is 12.2. The van der Waals surface area contributed by atoms with Gasteiger partial charge in [0, 0.05) is 10.0 Å². The van der Waals surface area contributed by atoms with E-state index >= 15 is 0 Å². The van der Waals surface area contributed by atoms with Crippen LogP contribution in [0, 0.1) is 0 Å². The van der Waals surface area contributed by atoms with E-state index in [2.05, 4.69) is 38.7 Å². The van der Waals surface area contributed by atoms with Gasteiger partial charge in [0.1, 0.15) is 5.75 Å². The van der Waals surface area contributed by atoms with Gasteiger partial charge in [0.2, 0.25) is 0 Å². The third-order valence-electron chi connectivity index (χ3n) is 2.65. The van der Waals surface area contributed by atoms with Crippen molar-refractivity contribution in [1.82, 2.24) is 5.43 Å². The van der Waals surface area contributed by atoms with Crippen LogP contribution in [-0.4, -0.2) is 17.3 Å². The van der Waals surface area contributed by atoms with Crippen LogP contribution in [-0.2, 0) is 0 Å². The molecule has 0 radical (unpaired) electrons. The molecule has 3 N–H and O–H groups in total. The van der Waals surface area contributed by atoms with E-state index in [0.717, 1.165) is 4.47 Å². The van der Waals surface area contributed by atoms with E-state index in [9.17, 15) is 4.79 Å². The van der Waals surface area contributed by atoms with Crippen LogP contribution >= 0.6 is 39.7 Å². The number of rotatable bonds is 4. The number of thiocarbonyl (C=S) groups is 1. The quantitative estimate of drug-likeness (QED) is 0.264. The largest absolute Gasteiger partial charge is 0.422 e. The van der Waals surface area contributed by atoms with Crippen molar-refractivity contribution in [2.24, 2.45) is 10.8 Å². The number of nitrogens with zero attached hydrogens (tertiary/aromatic N) is 1. The number of halogens is 2. The van der Waals surface area contributed by atoms with Crippen LogP contribution in [0.3, 0.4) is 0 Å². The Morgan fingerprint density at radius 2 is 2.09 bits per heavy atom. The highest BCUT2D eigenvalue weighted by Gasteiger charge is 2.14. The number of nitrogens with two attached hydrogens (primary N) is 1. The molecule has 5 nitrogen and oxygen atoms in total. The van der Waals surface area contributed by atoms with Gasteiger partial charge in [-0.1, -0.05) is 39.7 Å². The molecule has 0 aliphatic carbocycles. The number of hydrogen-bond donors (Lipinski definition) is 2. The van der Waals surface area contributed by atoms with Crippen molar-refractivity contribution < 1.29 is 9.53 Å². The SMILES string of the molecule is NC(=S)NN=Cc1cc(Br)ccc1OC(=O)c1ccccc1Cl. The predicted molar refractivity (Wildman–Crippen MR) is 98.1 cm³/mol. The van der Waals surface area contributed by atoms with Crippen molar-refractivity contribution in [2.75, 3.05) is 0 Å². The lowest BCUT2D eigenvalue weighted by Gasteiger charge is -2.09. The summed E-state index contributed by atoms with van der Waals surface area (Å²) in [4.78, 5) is 12.2. The van der Waals surface area contributed by atoms with E-state index in [1.165, 1.54) is 6.21 Å². The van der Waals surface area contributed by atoms with Crippen molar-refractivity contribution in [3.8, 4) is 5.75 Å². The molecule has 0 bridgehead atoms. The minimum atomic E-state index is -0.560. The van der Waals surface area contributed by atoms with E-state index in [4.69, 9.17) is 22.1 Å². The Bertz CT molecular complexity index is 783. The van der Waals surface area contributed by atoms with Gasteiger partial charge in [-0.3, -0.25) is 5.43 Å². The van der Waals surface area contributed by atoms with Crippen molar-refractivity contribution >= 4 is 57.0 Å². The zero-order valence-corrected chi connectivity index (χ0v) is 14.8. The predicted octanol–water partition coefficient (Wildman–Crippen LogP) is 3.49. The molecule has 8 heteroatoms.